The minimum absolute atomic E-state index is 0.104. The Morgan fingerprint density at radius 3 is 2.65 bits per heavy atom. The Balaban J connectivity index is 2.33. The highest BCUT2D eigenvalue weighted by atomic mass is 16.2. The van der Waals surface area contributed by atoms with Crippen molar-refractivity contribution in [1.29, 1.82) is 0 Å². The number of hydrogen-bond acceptors (Lipinski definition) is 2. The van der Waals surface area contributed by atoms with Crippen LogP contribution >= 0.6 is 0 Å². The van der Waals surface area contributed by atoms with Gasteiger partial charge in [0, 0.05) is 22.1 Å². The molecular weight excluding hydrogens is 214 g/mol. The molecule has 90 valence electrons. The van der Waals surface area contributed by atoms with E-state index in [9.17, 15) is 4.79 Å². The summed E-state index contributed by atoms with van der Waals surface area (Å²) < 4.78 is 0. The summed E-state index contributed by atoms with van der Waals surface area (Å²) in [6, 6.07) is 7.34. The summed E-state index contributed by atoms with van der Waals surface area (Å²) in [5, 5.41) is 3.86. The molecule has 2 aromatic rings. The van der Waals surface area contributed by atoms with Gasteiger partial charge in [-0.1, -0.05) is 0 Å². The van der Waals surface area contributed by atoms with Crippen LogP contribution in [0, 0.1) is 0 Å². The average Bonchev–Trinajstić information content (AvgIpc) is 2.57. The normalized spacial score (nSPS) is 11.7. The van der Waals surface area contributed by atoms with E-state index in [4.69, 9.17) is 5.73 Å². The third kappa shape index (κ3) is 2.58. The van der Waals surface area contributed by atoms with E-state index in [0.717, 1.165) is 10.9 Å². The molecule has 0 atom stereocenters. The number of anilines is 1. The largest absolute Gasteiger partial charge is 0.399 e. The molecule has 0 fully saturated rings. The molecule has 4 nitrogen and oxygen atoms in total. The Labute approximate surface area is 100 Å². The molecule has 0 radical (unpaired) electrons. The van der Waals surface area contributed by atoms with Gasteiger partial charge in [0.25, 0.3) is 5.91 Å². The number of rotatable bonds is 1. The van der Waals surface area contributed by atoms with E-state index >= 15 is 0 Å². The lowest BCUT2D eigenvalue weighted by atomic mass is 10.1. The van der Waals surface area contributed by atoms with Crippen molar-refractivity contribution in [2.45, 2.75) is 26.3 Å². The number of nitrogens with two attached hydrogens (primary N) is 1. The first-order chi connectivity index (χ1) is 7.85. The Bertz CT molecular complexity index is 564. The van der Waals surface area contributed by atoms with Crippen LogP contribution in [0.15, 0.2) is 24.3 Å². The summed E-state index contributed by atoms with van der Waals surface area (Å²) in [5.41, 5.74) is 7.62. The van der Waals surface area contributed by atoms with E-state index in [1.54, 1.807) is 0 Å². The first kappa shape index (κ1) is 11.5. The van der Waals surface area contributed by atoms with Gasteiger partial charge in [-0.3, -0.25) is 4.79 Å². The van der Waals surface area contributed by atoms with Crippen LogP contribution in [0.5, 0.6) is 0 Å². The highest BCUT2D eigenvalue weighted by Gasteiger charge is 2.16. The molecule has 0 saturated carbocycles. The quantitative estimate of drug-likeness (QED) is 0.659. The van der Waals surface area contributed by atoms with Gasteiger partial charge in [0.1, 0.15) is 5.69 Å². The molecule has 0 aliphatic rings. The van der Waals surface area contributed by atoms with E-state index in [-0.39, 0.29) is 11.4 Å². The molecule has 1 aromatic heterocycles. The number of carbonyl (C=O) groups is 1. The second kappa shape index (κ2) is 3.80. The number of aromatic amines is 1. The minimum Gasteiger partial charge on any atom is -0.399 e. The maximum Gasteiger partial charge on any atom is 0.268 e. The number of benzene rings is 1. The molecule has 0 aliphatic heterocycles. The minimum atomic E-state index is -0.243. The van der Waals surface area contributed by atoms with Crippen molar-refractivity contribution in [3.05, 3.63) is 30.0 Å². The fourth-order valence-corrected chi connectivity index (χ4v) is 1.68. The Hall–Kier alpha value is -1.97. The van der Waals surface area contributed by atoms with Gasteiger partial charge in [-0.15, -0.1) is 0 Å². The lowest BCUT2D eigenvalue weighted by Gasteiger charge is -2.19. The molecule has 0 bridgehead atoms. The van der Waals surface area contributed by atoms with E-state index in [2.05, 4.69) is 10.3 Å². The molecule has 0 unspecified atom stereocenters. The van der Waals surface area contributed by atoms with E-state index in [1.807, 2.05) is 45.0 Å². The molecule has 4 heteroatoms. The number of nitrogens with one attached hydrogen (secondary N) is 2. The third-order valence-electron chi connectivity index (χ3n) is 2.38. The van der Waals surface area contributed by atoms with Gasteiger partial charge in [0.2, 0.25) is 0 Å². The predicted octanol–water partition coefficient (Wildman–Crippen LogP) is 2.28. The molecule has 0 saturated heterocycles. The summed E-state index contributed by atoms with van der Waals surface area (Å²) >= 11 is 0. The molecule has 2 rings (SSSR count). The van der Waals surface area contributed by atoms with Crippen molar-refractivity contribution in [1.82, 2.24) is 10.3 Å². The van der Waals surface area contributed by atoms with E-state index in [0.29, 0.717) is 11.4 Å². The monoisotopic (exact) mass is 231 g/mol. The van der Waals surface area contributed by atoms with Crippen molar-refractivity contribution in [3.63, 3.8) is 0 Å². The topological polar surface area (TPSA) is 70.9 Å². The number of amides is 1. The molecule has 1 amide bonds. The summed E-state index contributed by atoms with van der Waals surface area (Å²) in [5.74, 6) is -0.104. The van der Waals surface area contributed by atoms with Gasteiger partial charge in [-0.05, 0) is 45.0 Å². The number of H-pyrrole nitrogens is 1. The number of hydrogen-bond donors (Lipinski definition) is 3. The smallest absolute Gasteiger partial charge is 0.268 e. The fraction of sp³-hybridized carbons (Fsp3) is 0.308. The lowest BCUT2D eigenvalue weighted by Crippen LogP contribution is -2.40. The Morgan fingerprint density at radius 2 is 2.00 bits per heavy atom. The van der Waals surface area contributed by atoms with Gasteiger partial charge in [-0.25, -0.2) is 0 Å². The Morgan fingerprint density at radius 1 is 1.29 bits per heavy atom. The van der Waals surface area contributed by atoms with Crippen LogP contribution in [-0.4, -0.2) is 16.4 Å². The molecule has 4 N–H and O–H groups in total. The predicted molar refractivity (Wildman–Crippen MR) is 69.9 cm³/mol. The molecule has 17 heavy (non-hydrogen) atoms. The SMILES string of the molecule is CC(C)(C)NC(=O)c1cc2cc(N)ccc2[nH]1. The van der Waals surface area contributed by atoms with Gasteiger partial charge in [-0.2, -0.15) is 0 Å². The number of aromatic nitrogens is 1. The zero-order valence-electron chi connectivity index (χ0n) is 10.3. The molecule has 1 aromatic carbocycles. The van der Waals surface area contributed by atoms with Crippen LogP contribution < -0.4 is 11.1 Å². The van der Waals surface area contributed by atoms with Gasteiger partial charge in [0.15, 0.2) is 0 Å². The number of carbonyl (C=O) groups excluding carboxylic acids is 1. The summed E-state index contributed by atoms with van der Waals surface area (Å²) in [6.07, 6.45) is 0. The zero-order chi connectivity index (χ0) is 12.6. The maximum absolute atomic E-state index is 11.9. The average molecular weight is 231 g/mol. The molecule has 0 spiro atoms. The summed E-state index contributed by atoms with van der Waals surface area (Å²) in [7, 11) is 0. The number of nitrogen functional groups attached to an aromatic ring is 1. The molecule has 1 heterocycles. The highest BCUT2D eigenvalue weighted by molar-refractivity contribution is 5.98. The van der Waals surface area contributed by atoms with Crippen LogP contribution in [0.4, 0.5) is 5.69 Å². The van der Waals surface area contributed by atoms with E-state index in [1.165, 1.54) is 0 Å². The van der Waals surface area contributed by atoms with Crippen LogP contribution in [0.25, 0.3) is 10.9 Å². The van der Waals surface area contributed by atoms with E-state index < -0.39 is 0 Å². The van der Waals surface area contributed by atoms with Crippen molar-refractivity contribution in [3.8, 4) is 0 Å². The standard InChI is InChI=1S/C13H17N3O/c1-13(2,3)16-12(17)11-7-8-6-9(14)4-5-10(8)15-11/h4-7,15H,14H2,1-3H3,(H,16,17). The van der Waals surface area contributed by atoms with Crippen molar-refractivity contribution < 1.29 is 4.79 Å². The highest BCUT2D eigenvalue weighted by Crippen LogP contribution is 2.18. The zero-order valence-corrected chi connectivity index (χ0v) is 10.3. The fourth-order valence-electron chi connectivity index (χ4n) is 1.68. The van der Waals surface area contributed by atoms with Crippen molar-refractivity contribution in [2.24, 2.45) is 0 Å². The number of fused-ring (bicyclic) bond motifs is 1. The van der Waals surface area contributed by atoms with Crippen LogP contribution in [-0.2, 0) is 0 Å². The van der Waals surface area contributed by atoms with Crippen LogP contribution in [0.1, 0.15) is 31.3 Å². The van der Waals surface area contributed by atoms with Crippen LogP contribution in [0.2, 0.25) is 0 Å². The first-order valence-corrected chi connectivity index (χ1v) is 5.56. The third-order valence-corrected chi connectivity index (χ3v) is 2.38. The first-order valence-electron chi connectivity index (χ1n) is 5.56. The van der Waals surface area contributed by atoms with Gasteiger partial charge < -0.3 is 16.0 Å². The van der Waals surface area contributed by atoms with Gasteiger partial charge >= 0.3 is 0 Å². The summed E-state index contributed by atoms with van der Waals surface area (Å²) in [4.78, 5) is 15.0. The maximum atomic E-state index is 11.9. The summed E-state index contributed by atoms with van der Waals surface area (Å²) in [6.45, 7) is 5.85. The Kier molecular flexibility index (Phi) is 2.58. The second-order valence-electron chi connectivity index (χ2n) is 5.23. The van der Waals surface area contributed by atoms with Crippen molar-refractivity contribution in [2.75, 3.05) is 5.73 Å². The van der Waals surface area contributed by atoms with Crippen LogP contribution in [0.3, 0.4) is 0 Å². The lowest BCUT2D eigenvalue weighted by molar-refractivity contribution is 0.0915. The molecular formula is C13H17N3O. The second-order valence-corrected chi connectivity index (χ2v) is 5.23. The molecule has 0 aliphatic carbocycles. The van der Waals surface area contributed by atoms with Crippen molar-refractivity contribution >= 4 is 22.5 Å². The van der Waals surface area contributed by atoms with Gasteiger partial charge in [0.05, 0.1) is 0 Å².